The minimum atomic E-state index is 0.0579. The molecule has 0 aliphatic rings. The lowest BCUT2D eigenvalue weighted by Crippen LogP contribution is -2.06. The number of hydrogen-bond donors (Lipinski definition) is 0. The molecule has 0 aliphatic carbocycles. The third kappa shape index (κ3) is 5.05. The Morgan fingerprint density at radius 2 is 1.28 bits per heavy atom. The van der Waals surface area contributed by atoms with E-state index >= 15 is 0 Å². The van der Waals surface area contributed by atoms with Crippen LogP contribution in [0.1, 0.15) is 50.7 Å². The highest BCUT2D eigenvalue weighted by Crippen LogP contribution is 2.24. The Kier molecular flexibility index (Phi) is 6.38. The number of Topliss-reactive ketones (excluding diaryl/α,β-unsaturated/α-hetero) is 1. The molecule has 0 saturated heterocycles. The number of carbonyl (C=O) groups excluding carboxylic acids is 1. The van der Waals surface area contributed by atoms with Crippen LogP contribution in [-0.2, 0) is 13.2 Å². The van der Waals surface area contributed by atoms with Crippen LogP contribution in [-0.4, -0.2) is 5.78 Å². The van der Waals surface area contributed by atoms with Crippen molar-refractivity contribution < 1.29 is 14.3 Å². The van der Waals surface area contributed by atoms with Crippen LogP contribution in [0.4, 0.5) is 0 Å². The van der Waals surface area contributed by atoms with E-state index in [1.54, 1.807) is 6.92 Å². The summed E-state index contributed by atoms with van der Waals surface area (Å²) in [6.07, 6.45) is 0. The minimum absolute atomic E-state index is 0.0579. The molecule has 0 amide bonds. The smallest absolute Gasteiger partial charge is 0.160 e. The fraction of sp³-hybridized carbons (Fsp3) is 0.269. The zero-order valence-electron chi connectivity index (χ0n) is 17.8. The molecule has 150 valence electrons. The number of hydrogen-bond acceptors (Lipinski definition) is 3. The van der Waals surface area contributed by atoms with E-state index < -0.39 is 0 Å². The Balaban J connectivity index is 1.69. The van der Waals surface area contributed by atoms with Gasteiger partial charge in [-0.15, -0.1) is 0 Å². The van der Waals surface area contributed by atoms with E-state index in [4.69, 9.17) is 9.47 Å². The summed E-state index contributed by atoms with van der Waals surface area (Å²) in [6.45, 7) is 10.8. The zero-order chi connectivity index (χ0) is 21.0. The van der Waals surface area contributed by atoms with E-state index in [1.807, 2.05) is 49.4 Å². The number of aryl methyl sites for hydroxylation is 4. The Hall–Kier alpha value is -3.07. The summed E-state index contributed by atoms with van der Waals surface area (Å²) < 4.78 is 12.0. The van der Waals surface area contributed by atoms with Crippen molar-refractivity contribution in [3.05, 3.63) is 93.5 Å². The highest BCUT2D eigenvalue weighted by Gasteiger charge is 2.11. The van der Waals surface area contributed by atoms with Gasteiger partial charge in [0.05, 0.1) is 0 Å². The summed E-state index contributed by atoms with van der Waals surface area (Å²) in [5, 5.41) is 0. The van der Waals surface area contributed by atoms with E-state index in [2.05, 4.69) is 32.9 Å². The largest absolute Gasteiger partial charge is 0.489 e. The van der Waals surface area contributed by atoms with E-state index in [0.717, 1.165) is 28.2 Å². The predicted octanol–water partition coefficient (Wildman–Crippen LogP) is 6.28. The second-order valence-corrected chi connectivity index (χ2v) is 7.58. The van der Waals surface area contributed by atoms with Crippen molar-refractivity contribution in [1.82, 2.24) is 0 Å². The Morgan fingerprint density at radius 3 is 1.93 bits per heavy atom. The molecular formula is C26H28O3. The lowest BCUT2D eigenvalue weighted by molar-refractivity contribution is 0.101. The fourth-order valence-corrected chi connectivity index (χ4v) is 3.50. The summed E-state index contributed by atoms with van der Waals surface area (Å²) in [4.78, 5) is 12.0. The summed E-state index contributed by atoms with van der Waals surface area (Å²) in [5.74, 6) is 1.54. The van der Waals surface area contributed by atoms with Gasteiger partial charge in [0, 0.05) is 17.2 Å². The molecule has 0 aliphatic heterocycles. The normalized spacial score (nSPS) is 10.7. The van der Waals surface area contributed by atoms with Crippen molar-refractivity contribution in [2.75, 3.05) is 0 Å². The van der Waals surface area contributed by atoms with Crippen LogP contribution in [0.3, 0.4) is 0 Å². The third-order valence-corrected chi connectivity index (χ3v) is 5.26. The fourth-order valence-electron chi connectivity index (χ4n) is 3.50. The van der Waals surface area contributed by atoms with E-state index in [0.29, 0.717) is 13.2 Å². The molecule has 0 fully saturated rings. The molecule has 0 spiro atoms. The van der Waals surface area contributed by atoms with Gasteiger partial charge >= 0.3 is 0 Å². The molecule has 0 heterocycles. The van der Waals surface area contributed by atoms with Gasteiger partial charge in [0.2, 0.25) is 0 Å². The first-order chi connectivity index (χ1) is 13.8. The summed E-state index contributed by atoms with van der Waals surface area (Å²) >= 11 is 0. The number of carbonyl (C=O) groups is 1. The van der Waals surface area contributed by atoms with Crippen LogP contribution in [0.5, 0.6) is 11.5 Å². The van der Waals surface area contributed by atoms with Gasteiger partial charge in [0.25, 0.3) is 0 Å². The standard InChI is InChI=1S/C26H28O3/c1-17-8-6-9-22(26(17)21(5)27)15-28-24-10-7-11-25(14-24)29-16-23-13-19(3)18(2)12-20(23)4/h6-14H,15-16H2,1-5H3. The SMILES string of the molecule is CC(=O)c1c(C)cccc1COc1cccc(OCc2cc(C)c(C)cc2C)c1. The third-order valence-electron chi connectivity index (χ3n) is 5.26. The van der Waals surface area contributed by atoms with Gasteiger partial charge in [-0.3, -0.25) is 4.79 Å². The molecular weight excluding hydrogens is 360 g/mol. The Labute approximate surface area is 173 Å². The maximum Gasteiger partial charge on any atom is 0.160 e. The highest BCUT2D eigenvalue weighted by atomic mass is 16.5. The van der Waals surface area contributed by atoms with Crippen molar-refractivity contribution in [1.29, 1.82) is 0 Å². The van der Waals surface area contributed by atoms with Crippen molar-refractivity contribution >= 4 is 5.78 Å². The van der Waals surface area contributed by atoms with Crippen molar-refractivity contribution in [3.63, 3.8) is 0 Å². The van der Waals surface area contributed by atoms with Crippen LogP contribution in [0.15, 0.2) is 54.6 Å². The van der Waals surface area contributed by atoms with Crippen molar-refractivity contribution in [2.45, 2.75) is 47.8 Å². The van der Waals surface area contributed by atoms with E-state index in [1.165, 1.54) is 22.3 Å². The second-order valence-electron chi connectivity index (χ2n) is 7.58. The second kappa shape index (κ2) is 8.95. The molecule has 3 aromatic carbocycles. The molecule has 0 radical (unpaired) electrons. The lowest BCUT2D eigenvalue weighted by atomic mass is 9.99. The van der Waals surface area contributed by atoms with Crippen LogP contribution >= 0.6 is 0 Å². The molecule has 0 unspecified atom stereocenters. The summed E-state index contributed by atoms with van der Waals surface area (Å²) in [6, 6.07) is 17.9. The molecule has 0 saturated carbocycles. The van der Waals surface area contributed by atoms with Crippen molar-refractivity contribution in [3.8, 4) is 11.5 Å². The molecule has 3 nitrogen and oxygen atoms in total. The first kappa shape index (κ1) is 20.7. The summed E-state index contributed by atoms with van der Waals surface area (Å²) in [5.41, 5.74) is 7.59. The molecule has 3 rings (SSSR count). The van der Waals surface area contributed by atoms with Crippen LogP contribution in [0.25, 0.3) is 0 Å². The first-order valence-electron chi connectivity index (χ1n) is 9.87. The van der Waals surface area contributed by atoms with Gasteiger partial charge in [-0.2, -0.15) is 0 Å². The van der Waals surface area contributed by atoms with E-state index in [-0.39, 0.29) is 5.78 Å². The monoisotopic (exact) mass is 388 g/mol. The minimum Gasteiger partial charge on any atom is -0.489 e. The van der Waals surface area contributed by atoms with Crippen LogP contribution < -0.4 is 9.47 Å². The lowest BCUT2D eigenvalue weighted by Gasteiger charge is -2.14. The maximum absolute atomic E-state index is 12.0. The van der Waals surface area contributed by atoms with Gasteiger partial charge < -0.3 is 9.47 Å². The van der Waals surface area contributed by atoms with Gasteiger partial charge in [-0.25, -0.2) is 0 Å². The Morgan fingerprint density at radius 1 is 0.690 bits per heavy atom. The number of ether oxygens (including phenoxy) is 2. The average Bonchev–Trinajstić information content (AvgIpc) is 2.68. The zero-order valence-corrected chi connectivity index (χ0v) is 17.8. The predicted molar refractivity (Wildman–Crippen MR) is 117 cm³/mol. The van der Waals surface area contributed by atoms with E-state index in [9.17, 15) is 4.79 Å². The molecule has 3 aromatic rings. The molecule has 0 N–H and O–H groups in total. The maximum atomic E-state index is 12.0. The molecule has 0 atom stereocenters. The van der Waals surface area contributed by atoms with Gasteiger partial charge in [0.1, 0.15) is 24.7 Å². The summed E-state index contributed by atoms with van der Waals surface area (Å²) in [7, 11) is 0. The van der Waals surface area contributed by atoms with Gasteiger partial charge in [0.15, 0.2) is 5.78 Å². The van der Waals surface area contributed by atoms with Gasteiger partial charge in [-0.1, -0.05) is 36.4 Å². The van der Waals surface area contributed by atoms with Crippen molar-refractivity contribution in [2.24, 2.45) is 0 Å². The number of rotatable bonds is 7. The van der Waals surface area contributed by atoms with Crippen LogP contribution in [0.2, 0.25) is 0 Å². The Bertz CT molecular complexity index is 1030. The number of benzene rings is 3. The first-order valence-corrected chi connectivity index (χ1v) is 9.87. The molecule has 29 heavy (non-hydrogen) atoms. The van der Waals surface area contributed by atoms with Gasteiger partial charge in [-0.05, 0) is 74.6 Å². The molecule has 0 aromatic heterocycles. The quantitative estimate of drug-likeness (QED) is 0.447. The van der Waals surface area contributed by atoms with Crippen LogP contribution in [0, 0.1) is 27.7 Å². The highest BCUT2D eigenvalue weighted by molar-refractivity contribution is 5.96. The number of ketones is 1. The average molecular weight is 389 g/mol. The molecule has 3 heteroatoms. The topological polar surface area (TPSA) is 35.5 Å². The molecule has 0 bridgehead atoms.